The van der Waals surface area contributed by atoms with Gasteiger partial charge in [0.05, 0.1) is 5.56 Å². The number of hydrogen-bond donors (Lipinski definition) is 0. The van der Waals surface area contributed by atoms with Crippen LogP contribution in [0, 0.1) is 0 Å². The molecular weight excluding hydrogens is 304 g/mol. The lowest BCUT2D eigenvalue weighted by atomic mass is 10.1. The predicted molar refractivity (Wildman–Crippen MR) is 90.1 cm³/mol. The molecule has 0 amide bonds. The summed E-state index contributed by atoms with van der Waals surface area (Å²) in [6, 6.07) is 20.1. The van der Waals surface area contributed by atoms with Crippen molar-refractivity contribution in [2.24, 2.45) is 0 Å². The molecule has 1 aromatic heterocycles. The fourth-order valence-corrected chi connectivity index (χ4v) is 2.64. The Balaban J connectivity index is 1.85. The largest absolute Gasteiger partial charge is 0.422 e. The molecule has 3 aromatic rings. The second-order valence-electron chi connectivity index (χ2n) is 5.36. The minimum Gasteiger partial charge on any atom is -0.422 e. The van der Waals surface area contributed by atoms with Gasteiger partial charge < -0.3 is 9.15 Å². The molecule has 4 heteroatoms. The van der Waals surface area contributed by atoms with Crippen LogP contribution in [0.2, 0.25) is 0 Å². The molecule has 4 nitrogen and oxygen atoms in total. The number of rotatable bonds is 2. The van der Waals surface area contributed by atoms with Crippen LogP contribution in [0.15, 0.2) is 75.9 Å². The topological polar surface area (TPSA) is 56.5 Å². The van der Waals surface area contributed by atoms with Crippen LogP contribution in [0.25, 0.3) is 23.2 Å². The van der Waals surface area contributed by atoms with E-state index in [9.17, 15) is 9.59 Å². The second-order valence-corrected chi connectivity index (χ2v) is 5.36. The standard InChI is InChI=1S/C20H12O4/c21-19-15-12-16(14-9-5-2-6-10-14)23-20(22)18(15)17(24-19)11-13-7-3-1-4-8-13/h1-12H/b17-11-. The van der Waals surface area contributed by atoms with Gasteiger partial charge in [-0.25, -0.2) is 9.59 Å². The maximum absolute atomic E-state index is 12.4. The fourth-order valence-electron chi connectivity index (χ4n) is 2.64. The smallest absolute Gasteiger partial charge is 0.348 e. The number of carbonyl (C=O) groups is 1. The van der Waals surface area contributed by atoms with Gasteiger partial charge >= 0.3 is 11.6 Å². The molecule has 4 rings (SSSR count). The maximum Gasteiger partial charge on any atom is 0.348 e. The summed E-state index contributed by atoms with van der Waals surface area (Å²) in [5, 5.41) is 0. The normalized spacial score (nSPS) is 14.5. The molecule has 0 saturated heterocycles. The zero-order valence-corrected chi connectivity index (χ0v) is 12.6. The summed E-state index contributed by atoms with van der Waals surface area (Å²) in [6.07, 6.45) is 1.66. The lowest BCUT2D eigenvalue weighted by Gasteiger charge is -2.01. The highest BCUT2D eigenvalue weighted by atomic mass is 16.5. The molecule has 116 valence electrons. The Morgan fingerprint density at radius 2 is 1.50 bits per heavy atom. The van der Waals surface area contributed by atoms with Gasteiger partial charge in [0.1, 0.15) is 17.1 Å². The van der Waals surface area contributed by atoms with Crippen molar-refractivity contribution in [3.05, 3.63) is 93.8 Å². The molecule has 2 aromatic carbocycles. The Morgan fingerprint density at radius 1 is 0.833 bits per heavy atom. The molecule has 24 heavy (non-hydrogen) atoms. The molecule has 0 spiro atoms. The summed E-state index contributed by atoms with van der Waals surface area (Å²) in [7, 11) is 0. The van der Waals surface area contributed by atoms with E-state index < -0.39 is 11.6 Å². The summed E-state index contributed by atoms with van der Waals surface area (Å²) in [5.41, 5.74) is 1.38. The molecule has 0 fully saturated rings. The van der Waals surface area contributed by atoms with Crippen LogP contribution in [-0.2, 0) is 4.74 Å². The first-order chi connectivity index (χ1) is 11.7. The minimum absolute atomic E-state index is 0.170. The number of cyclic esters (lactones) is 1. The van der Waals surface area contributed by atoms with Crippen molar-refractivity contribution in [1.29, 1.82) is 0 Å². The van der Waals surface area contributed by atoms with Crippen LogP contribution in [-0.4, -0.2) is 5.97 Å². The lowest BCUT2D eigenvalue weighted by Crippen LogP contribution is -2.07. The van der Waals surface area contributed by atoms with E-state index in [0.717, 1.165) is 11.1 Å². The molecular formula is C20H12O4. The molecule has 1 aliphatic heterocycles. The third-order valence-corrected chi connectivity index (χ3v) is 3.78. The van der Waals surface area contributed by atoms with E-state index in [2.05, 4.69) is 0 Å². The van der Waals surface area contributed by atoms with E-state index in [4.69, 9.17) is 9.15 Å². The summed E-state index contributed by atoms with van der Waals surface area (Å²) in [4.78, 5) is 24.6. The van der Waals surface area contributed by atoms with Crippen molar-refractivity contribution >= 4 is 17.8 Å². The van der Waals surface area contributed by atoms with Gasteiger partial charge in [-0.15, -0.1) is 0 Å². The Morgan fingerprint density at radius 3 is 2.21 bits per heavy atom. The van der Waals surface area contributed by atoms with Crippen molar-refractivity contribution < 1.29 is 13.9 Å². The van der Waals surface area contributed by atoms with E-state index in [0.29, 0.717) is 5.76 Å². The Labute approximate surface area is 137 Å². The average Bonchev–Trinajstić information content (AvgIpc) is 2.93. The number of ether oxygens (including phenoxy) is 1. The number of esters is 1. The summed E-state index contributed by atoms with van der Waals surface area (Å²) >= 11 is 0. The maximum atomic E-state index is 12.4. The van der Waals surface area contributed by atoms with Crippen LogP contribution >= 0.6 is 0 Å². The second kappa shape index (κ2) is 5.66. The average molecular weight is 316 g/mol. The molecule has 0 N–H and O–H groups in total. The molecule has 0 atom stereocenters. The summed E-state index contributed by atoms with van der Waals surface area (Å²) in [6.45, 7) is 0. The first-order valence-corrected chi connectivity index (χ1v) is 7.45. The first kappa shape index (κ1) is 14.2. The molecule has 1 aliphatic rings. The van der Waals surface area contributed by atoms with Crippen molar-refractivity contribution in [2.75, 3.05) is 0 Å². The quantitative estimate of drug-likeness (QED) is 0.671. The van der Waals surface area contributed by atoms with Crippen molar-refractivity contribution in [3.63, 3.8) is 0 Å². The van der Waals surface area contributed by atoms with Gasteiger partial charge in [0.25, 0.3) is 0 Å². The van der Waals surface area contributed by atoms with Crippen molar-refractivity contribution in [2.45, 2.75) is 0 Å². The Hall–Kier alpha value is -3.40. The molecule has 2 heterocycles. The van der Waals surface area contributed by atoms with Crippen LogP contribution in [0.3, 0.4) is 0 Å². The minimum atomic E-state index is -0.584. The Kier molecular flexibility index (Phi) is 3.35. The van der Waals surface area contributed by atoms with Gasteiger partial charge in [0.2, 0.25) is 0 Å². The molecule has 0 radical (unpaired) electrons. The number of carbonyl (C=O) groups excluding carboxylic acids is 1. The summed E-state index contributed by atoms with van der Waals surface area (Å²) < 4.78 is 10.7. The lowest BCUT2D eigenvalue weighted by molar-refractivity contribution is 0.0717. The SMILES string of the molecule is O=C1O/C(=C\c2ccccc2)c2c1cc(-c1ccccc1)oc2=O. The van der Waals surface area contributed by atoms with Crippen LogP contribution in [0.5, 0.6) is 0 Å². The van der Waals surface area contributed by atoms with Gasteiger partial charge in [0, 0.05) is 5.56 Å². The Bertz CT molecular complexity index is 999. The highest BCUT2D eigenvalue weighted by molar-refractivity contribution is 6.05. The van der Waals surface area contributed by atoms with Crippen molar-refractivity contribution in [1.82, 2.24) is 0 Å². The molecule has 0 aliphatic carbocycles. The van der Waals surface area contributed by atoms with Gasteiger partial charge in [-0.1, -0.05) is 60.7 Å². The zero-order valence-electron chi connectivity index (χ0n) is 12.6. The number of fused-ring (bicyclic) bond motifs is 1. The van der Waals surface area contributed by atoms with Crippen molar-refractivity contribution in [3.8, 4) is 11.3 Å². The fraction of sp³-hybridized carbons (Fsp3) is 0. The zero-order chi connectivity index (χ0) is 16.5. The van der Waals surface area contributed by atoms with Crippen LogP contribution in [0.1, 0.15) is 21.5 Å². The number of benzene rings is 2. The highest BCUT2D eigenvalue weighted by Gasteiger charge is 2.31. The van der Waals surface area contributed by atoms with Gasteiger partial charge in [-0.05, 0) is 17.7 Å². The van der Waals surface area contributed by atoms with E-state index in [1.807, 2.05) is 60.7 Å². The molecule has 0 bridgehead atoms. The highest BCUT2D eigenvalue weighted by Crippen LogP contribution is 2.31. The number of hydrogen-bond acceptors (Lipinski definition) is 4. The van der Waals surface area contributed by atoms with E-state index in [1.54, 1.807) is 12.1 Å². The third-order valence-electron chi connectivity index (χ3n) is 3.78. The van der Waals surface area contributed by atoms with E-state index >= 15 is 0 Å². The monoisotopic (exact) mass is 316 g/mol. The van der Waals surface area contributed by atoms with Gasteiger partial charge in [-0.3, -0.25) is 0 Å². The predicted octanol–water partition coefficient (Wildman–Crippen LogP) is 3.98. The third kappa shape index (κ3) is 2.44. The van der Waals surface area contributed by atoms with Gasteiger partial charge in [-0.2, -0.15) is 0 Å². The van der Waals surface area contributed by atoms with Crippen LogP contribution < -0.4 is 5.63 Å². The van der Waals surface area contributed by atoms with E-state index in [-0.39, 0.29) is 16.9 Å². The molecule has 0 saturated carbocycles. The molecule has 0 unspecified atom stereocenters. The van der Waals surface area contributed by atoms with Gasteiger partial charge in [0.15, 0.2) is 0 Å². The summed E-state index contributed by atoms with van der Waals surface area (Å²) in [5.74, 6) is 0.0177. The van der Waals surface area contributed by atoms with E-state index in [1.165, 1.54) is 0 Å². The first-order valence-electron chi connectivity index (χ1n) is 7.45. The van der Waals surface area contributed by atoms with Crippen LogP contribution in [0.4, 0.5) is 0 Å².